The van der Waals surface area contributed by atoms with E-state index in [1.165, 1.54) is 24.3 Å². The Morgan fingerprint density at radius 1 is 0.842 bits per heavy atom. The van der Waals surface area contributed by atoms with E-state index in [4.69, 9.17) is 5.11 Å². The summed E-state index contributed by atoms with van der Waals surface area (Å²) in [5.74, 6) is -0.842. The molecule has 0 spiro atoms. The third kappa shape index (κ3) is 2.95. The van der Waals surface area contributed by atoms with E-state index < -0.39 is 0 Å². The monoisotopic (exact) mass is 259 g/mol. The largest absolute Gasteiger partial charge is 0.508 e. The topological polar surface area (TPSA) is 66.4 Å². The minimum Gasteiger partial charge on any atom is -0.508 e. The van der Waals surface area contributed by atoms with Crippen LogP contribution in [-0.2, 0) is 0 Å². The first-order valence-corrected chi connectivity index (χ1v) is 5.47. The summed E-state index contributed by atoms with van der Waals surface area (Å²) in [5, 5.41) is 10.8. The number of aromatic hydroxyl groups is 1. The number of carbonyl (C=O) groups is 2. The van der Waals surface area contributed by atoms with Crippen molar-refractivity contribution in [1.29, 1.82) is 0 Å². The molecule has 0 bridgehead atoms. The van der Waals surface area contributed by atoms with Crippen LogP contribution in [0.3, 0.4) is 0 Å². The van der Waals surface area contributed by atoms with Crippen LogP contribution in [0.4, 0.5) is 4.39 Å². The maximum absolute atomic E-state index is 12.0. The quantitative estimate of drug-likeness (QED) is 0.712. The molecule has 2 amide bonds. The molecule has 0 unspecified atom stereocenters. The van der Waals surface area contributed by atoms with Crippen LogP contribution in [-0.4, -0.2) is 16.9 Å². The van der Waals surface area contributed by atoms with Crippen molar-refractivity contribution in [3.63, 3.8) is 0 Å². The first-order valence-electron chi connectivity index (χ1n) is 5.47. The summed E-state index contributed by atoms with van der Waals surface area (Å²) < 4.78 is 12.0. The van der Waals surface area contributed by atoms with Crippen molar-refractivity contribution < 1.29 is 19.1 Å². The zero-order valence-electron chi connectivity index (χ0n) is 9.76. The van der Waals surface area contributed by atoms with Gasteiger partial charge in [0.25, 0.3) is 11.8 Å². The number of halogens is 1. The van der Waals surface area contributed by atoms with Crippen LogP contribution in [0.25, 0.3) is 0 Å². The van der Waals surface area contributed by atoms with Gasteiger partial charge in [-0.3, -0.25) is 14.9 Å². The van der Waals surface area contributed by atoms with Gasteiger partial charge in [-0.15, -0.1) is 0 Å². The highest BCUT2D eigenvalue weighted by atomic mass is 19.1. The molecule has 1 aliphatic rings. The second-order valence-corrected chi connectivity index (χ2v) is 3.81. The number of carbonyl (C=O) groups excluding carboxylic acids is 2. The smallest absolute Gasteiger partial charge is 0.258 e. The summed E-state index contributed by atoms with van der Waals surface area (Å²) in [6, 6.07) is 11.7. The fourth-order valence-corrected chi connectivity index (χ4v) is 1.56. The van der Waals surface area contributed by atoms with E-state index in [1.54, 1.807) is 24.3 Å². The summed E-state index contributed by atoms with van der Waals surface area (Å²) in [6.07, 6.45) is 0. The van der Waals surface area contributed by atoms with Crippen molar-refractivity contribution in [2.75, 3.05) is 0 Å². The van der Waals surface area contributed by atoms with Crippen LogP contribution in [0.15, 0.2) is 48.5 Å². The van der Waals surface area contributed by atoms with Crippen molar-refractivity contribution in [2.24, 2.45) is 0 Å². The number of rotatable bonds is 0. The average molecular weight is 259 g/mol. The molecule has 4 nitrogen and oxygen atoms in total. The lowest BCUT2D eigenvalue weighted by Crippen LogP contribution is -2.19. The summed E-state index contributed by atoms with van der Waals surface area (Å²) in [6.45, 7) is 0. The average Bonchev–Trinajstić information content (AvgIpc) is 2.70. The van der Waals surface area contributed by atoms with E-state index in [0.29, 0.717) is 11.1 Å². The molecule has 2 aromatic rings. The molecule has 19 heavy (non-hydrogen) atoms. The lowest BCUT2D eigenvalue weighted by molar-refractivity contribution is 0.0879. The molecule has 2 aromatic carbocycles. The standard InChI is InChI=1S/C8H5NO2.C6H5FO/c10-7-5-3-1-2-4-6(5)8(11)9-7;7-5-1-3-6(8)4-2-5/h1-4H,(H,9,10,11);1-4,8H. The Morgan fingerprint density at radius 2 is 1.32 bits per heavy atom. The summed E-state index contributed by atoms with van der Waals surface area (Å²) in [4.78, 5) is 21.9. The Hall–Kier alpha value is -2.69. The SMILES string of the molecule is O=C1NC(=O)c2ccccc21.Oc1ccc(F)cc1. The summed E-state index contributed by atoms with van der Waals surface area (Å²) in [5.41, 5.74) is 0.940. The van der Waals surface area contributed by atoms with Gasteiger partial charge in [-0.05, 0) is 36.4 Å². The van der Waals surface area contributed by atoms with Crippen molar-refractivity contribution >= 4 is 11.8 Å². The lowest BCUT2D eigenvalue weighted by Gasteiger charge is -1.88. The fourth-order valence-electron chi connectivity index (χ4n) is 1.56. The lowest BCUT2D eigenvalue weighted by atomic mass is 10.1. The first kappa shape index (κ1) is 12.8. The molecule has 0 saturated heterocycles. The molecular formula is C14H10FNO3. The number of hydrogen-bond acceptors (Lipinski definition) is 3. The maximum Gasteiger partial charge on any atom is 0.258 e. The van der Waals surface area contributed by atoms with Gasteiger partial charge in [0.05, 0.1) is 11.1 Å². The van der Waals surface area contributed by atoms with E-state index >= 15 is 0 Å². The molecule has 2 N–H and O–H groups in total. The van der Waals surface area contributed by atoms with Crippen LogP contribution in [0.1, 0.15) is 20.7 Å². The van der Waals surface area contributed by atoms with Crippen LogP contribution in [0, 0.1) is 5.82 Å². The number of phenols is 1. The van der Waals surface area contributed by atoms with Crippen LogP contribution in [0.5, 0.6) is 5.75 Å². The molecule has 0 aliphatic carbocycles. The zero-order valence-corrected chi connectivity index (χ0v) is 9.76. The van der Waals surface area contributed by atoms with Crippen LogP contribution < -0.4 is 5.32 Å². The van der Waals surface area contributed by atoms with Gasteiger partial charge in [0.1, 0.15) is 11.6 Å². The highest BCUT2D eigenvalue weighted by molar-refractivity contribution is 6.21. The number of amides is 2. The fraction of sp³-hybridized carbons (Fsp3) is 0. The zero-order chi connectivity index (χ0) is 13.8. The van der Waals surface area contributed by atoms with Crippen LogP contribution >= 0.6 is 0 Å². The molecule has 5 heteroatoms. The number of nitrogens with one attached hydrogen (secondary N) is 1. The molecule has 0 fully saturated rings. The molecule has 1 aliphatic heterocycles. The molecule has 0 radical (unpaired) electrons. The predicted octanol–water partition coefficient (Wildman–Crippen LogP) is 2.10. The van der Waals surface area contributed by atoms with Gasteiger partial charge in [0.15, 0.2) is 0 Å². The van der Waals surface area contributed by atoms with E-state index in [2.05, 4.69) is 5.32 Å². The van der Waals surface area contributed by atoms with Gasteiger partial charge < -0.3 is 5.11 Å². The number of benzene rings is 2. The maximum atomic E-state index is 12.0. The van der Waals surface area contributed by atoms with Crippen molar-refractivity contribution in [3.8, 4) is 5.75 Å². The molecule has 0 aromatic heterocycles. The molecular weight excluding hydrogens is 249 g/mol. The van der Waals surface area contributed by atoms with Gasteiger partial charge in [-0.25, -0.2) is 4.39 Å². The number of imide groups is 1. The Kier molecular flexibility index (Phi) is 3.56. The molecule has 0 saturated carbocycles. The third-order valence-corrected chi connectivity index (χ3v) is 2.47. The van der Waals surface area contributed by atoms with Gasteiger partial charge in [-0.2, -0.15) is 0 Å². The Balaban J connectivity index is 0.000000148. The van der Waals surface area contributed by atoms with E-state index in [-0.39, 0.29) is 23.4 Å². The number of phenolic OH excluding ortho intramolecular Hbond substituents is 1. The van der Waals surface area contributed by atoms with Crippen LogP contribution in [0.2, 0.25) is 0 Å². The van der Waals surface area contributed by atoms with Gasteiger partial charge in [-0.1, -0.05) is 12.1 Å². The third-order valence-electron chi connectivity index (χ3n) is 2.47. The Morgan fingerprint density at radius 3 is 1.74 bits per heavy atom. The van der Waals surface area contributed by atoms with Gasteiger partial charge in [0, 0.05) is 0 Å². The van der Waals surface area contributed by atoms with E-state index in [0.717, 1.165) is 0 Å². The molecule has 96 valence electrons. The highest BCUT2D eigenvalue weighted by Crippen LogP contribution is 2.13. The first-order chi connectivity index (χ1) is 9.08. The molecule has 1 heterocycles. The minimum atomic E-state index is -0.331. The van der Waals surface area contributed by atoms with Gasteiger partial charge in [0.2, 0.25) is 0 Å². The number of fused-ring (bicyclic) bond motifs is 1. The predicted molar refractivity (Wildman–Crippen MR) is 66.3 cm³/mol. The number of hydrogen-bond donors (Lipinski definition) is 2. The Bertz CT molecular complexity index is 569. The van der Waals surface area contributed by atoms with E-state index in [9.17, 15) is 14.0 Å². The second-order valence-electron chi connectivity index (χ2n) is 3.81. The second kappa shape index (κ2) is 5.30. The Labute approximate surface area is 108 Å². The normalized spacial score (nSPS) is 12.3. The van der Waals surface area contributed by atoms with E-state index in [1.807, 2.05) is 0 Å². The van der Waals surface area contributed by atoms with Crippen molar-refractivity contribution in [2.45, 2.75) is 0 Å². The van der Waals surface area contributed by atoms with Crippen molar-refractivity contribution in [1.82, 2.24) is 5.32 Å². The minimum absolute atomic E-state index is 0.0893. The van der Waals surface area contributed by atoms with Gasteiger partial charge >= 0.3 is 0 Å². The van der Waals surface area contributed by atoms with Crippen molar-refractivity contribution in [3.05, 3.63) is 65.5 Å². The summed E-state index contributed by atoms with van der Waals surface area (Å²) >= 11 is 0. The highest BCUT2D eigenvalue weighted by Gasteiger charge is 2.25. The molecule has 0 atom stereocenters. The molecule has 3 rings (SSSR count). The summed E-state index contributed by atoms with van der Waals surface area (Å²) in [7, 11) is 0.